The summed E-state index contributed by atoms with van der Waals surface area (Å²) in [4.78, 5) is 0. The number of ether oxygens (including phenoxy) is 2. The Bertz CT molecular complexity index is 326. The Kier molecular flexibility index (Phi) is 6.85. The number of aryl methyl sites for hydroxylation is 1. The van der Waals surface area contributed by atoms with Gasteiger partial charge in [-0.3, -0.25) is 0 Å². The molecule has 0 aliphatic carbocycles. The number of hydrogen-bond acceptors (Lipinski definition) is 5. The maximum absolute atomic E-state index is 5.36. The van der Waals surface area contributed by atoms with Crippen molar-refractivity contribution in [1.82, 2.24) is 20.3 Å². The first-order valence-electron chi connectivity index (χ1n) is 6.45. The monoisotopic (exact) mass is 256 g/mol. The Morgan fingerprint density at radius 1 is 1.28 bits per heavy atom. The van der Waals surface area contributed by atoms with Gasteiger partial charge in [0.05, 0.1) is 11.9 Å². The molecular weight excluding hydrogens is 232 g/mol. The molecule has 0 aliphatic heterocycles. The minimum Gasteiger partial charge on any atom is -0.354 e. The van der Waals surface area contributed by atoms with Crippen LogP contribution in [0.5, 0.6) is 0 Å². The van der Waals surface area contributed by atoms with Crippen molar-refractivity contribution in [2.75, 3.05) is 20.8 Å². The summed E-state index contributed by atoms with van der Waals surface area (Å²) in [7, 11) is 3.28. The van der Waals surface area contributed by atoms with Crippen molar-refractivity contribution in [3.8, 4) is 0 Å². The van der Waals surface area contributed by atoms with Gasteiger partial charge in [0.1, 0.15) is 6.04 Å². The summed E-state index contributed by atoms with van der Waals surface area (Å²) in [5.74, 6) is 0. The van der Waals surface area contributed by atoms with Crippen molar-refractivity contribution in [2.45, 2.75) is 45.6 Å². The number of rotatable bonds is 9. The third kappa shape index (κ3) is 3.76. The molecule has 0 amide bonds. The summed E-state index contributed by atoms with van der Waals surface area (Å²) in [6.45, 7) is 5.98. The fraction of sp³-hybridized carbons (Fsp3) is 0.833. The Labute approximate surface area is 109 Å². The van der Waals surface area contributed by atoms with Gasteiger partial charge in [-0.05, 0) is 19.4 Å². The van der Waals surface area contributed by atoms with Crippen LogP contribution in [0.3, 0.4) is 0 Å². The average Bonchev–Trinajstić information content (AvgIpc) is 2.83. The molecule has 1 aromatic rings. The van der Waals surface area contributed by atoms with E-state index < -0.39 is 0 Å². The molecule has 0 aliphatic rings. The van der Waals surface area contributed by atoms with Crippen molar-refractivity contribution in [1.29, 1.82) is 0 Å². The molecule has 0 spiro atoms. The Hall–Kier alpha value is -0.980. The van der Waals surface area contributed by atoms with Gasteiger partial charge in [0.25, 0.3) is 0 Å². The molecule has 1 atom stereocenters. The van der Waals surface area contributed by atoms with E-state index in [1.165, 1.54) is 0 Å². The van der Waals surface area contributed by atoms with E-state index in [2.05, 4.69) is 29.5 Å². The van der Waals surface area contributed by atoms with Crippen LogP contribution in [0.2, 0.25) is 0 Å². The maximum atomic E-state index is 5.36. The molecule has 0 bridgehead atoms. The van der Waals surface area contributed by atoms with Crippen LogP contribution in [0.25, 0.3) is 0 Å². The van der Waals surface area contributed by atoms with Crippen molar-refractivity contribution in [3.63, 3.8) is 0 Å². The fourth-order valence-corrected chi connectivity index (χ4v) is 1.90. The number of methoxy groups -OCH3 is 2. The van der Waals surface area contributed by atoms with Crippen LogP contribution >= 0.6 is 0 Å². The van der Waals surface area contributed by atoms with Gasteiger partial charge in [0, 0.05) is 20.8 Å². The summed E-state index contributed by atoms with van der Waals surface area (Å²) < 4.78 is 12.6. The second kappa shape index (κ2) is 8.18. The van der Waals surface area contributed by atoms with E-state index in [0.29, 0.717) is 0 Å². The SMILES string of the molecule is CCCNC(c1cnnn1CCC)C(OC)OC. The van der Waals surface area contributed by atoms with Crippen LogP contribution in [0.15, 0.2) is 6.20 Å². The minimum absolute atomic E-state index is 0.0542. The van der Waals surface area contributed by atoms with E-state index in [0.717, 1.165) is 31.6 Å². The highest BCUT2D eigenvalue weighted by Gasteiger charge is 2.25. The van der Waals surface area contributed by atoms with E-state index in [1.807, 2.05) is 4.68 Å². The Balaban J connectivity index is 2.89. The molecule has 0 aromatic carbocycles. The standard InChI is InChI=1S/C12H24N4O2/c1-5-7-13-11(12(17-3)18-4)10-9-14-15-16(10)8-6-2/h9,11-13H,5-8H2,1-4H3. The summed E-state index contributed by atoms with van der Waals surface area (Å²) in [6, 6.07) is -0.0542. The summed E-state index contributed by atoms with van der Waals surface area (Å²) in [5.41, 5.74) is 0.999. The molecule has 6 nitrogen and oxygen atoms in total. The zero-order valence-electron chi connectivity index (χ0n) is 11.7. The lowest BCUT2D eigenvalue weighted by atomic mass is 10.2. The summed E-state index contributed by atoms with van der Waals surface area (Å²) in [6.07, 6.45) is 3.49. The molecule has 1 aromatic heterocycles. The molecule has 1 rings (SSSR count). The molecule has 104 valence electrons. The molecule has 18 heavy (non-hydrogen) atoms. The van der Waals surface area contributed by atoms with Crippen LogP contribution in [0.4, 0.5) is 0 Å². The van der Waals surface area contributed by atoms with Gasteiger partial charge in [-0.15, -0.1) is 5.10 Å². The van der Waals surface area contributed by atoms with E-state index in [9.17, 15) is 0 Å². The summed E-state index contributed by atoms with van der Waals surface area (Å²) >= 11 is 0. The third-order valence-corrected chi connectivity index (χ3v) is 2.75. The van der Waals surface area contributed by atoms with Crippen molar-refractivity contribution < 1.29 is 9.47 Å². The highest BCUT2D eigenvalue weighted by molar-refractivity contribution is 5.04. The van der Waals surface area contributed by atoms with E-state index in [1.54, 1.807) is 20.4 Å². The van der Waals surface area contributed by atoms with E-state index >= 15 is 0 Å². The van der Waals surface area contributed by atoms with Crippen LogP contribution in [0.1, 0.15) is 38.4 Å². The predicted molar refractivity (Wildman–Crippen MR) is 69.2 cm³/mol. The number of aromatic nitrogens is 3. The molecule has 1 heterocycles. The Morgan fingerprint density at radius 3 is 2.56 bits per heavy atom. The highest BCUT2D eigenvalue weighted by atomic mass is 16.7. The van der Waals surface area contributed by atoms with Gasteiger partial charge in [-0.2, -0.15) is 0 Å². The number of nitrogens with zero attached hydrogens (tertiary/aromatic N) is 3. The summed E-state index contributed by atoms with van der Waals surface area (Å²) in [5, 5.41) is 11.5. The fourth-order valence-electron chi connectivity index (χ4n) is 1.90. The molecule has 6 heteroatoms. The van der Waals surface area contributed by atoms with Gasteiger partial charge in [-0.25, -0.2) is 4.68 Å². The third-order valence-electron chi connectivity index (χ3n) is 2.75. The second-order valence-corrected chi connectivity index (χ2v) is 4.15. The quantitative estimate of drug-likeness (QED) is 0.676. The van der Waals surface area contributed by atoms with Crippen LogP contribution in [-0.4, -0.2) is 42.0 Å². The topological polar surface area (TPSA) is 61.2 Å². The zero-order chi connectivity index (χ0) is 13.4. The highest BCUT2D eigenvalue weighted by Crippen LogP contribution is 2.19. The molecular formula is C12H24N4O2. The average molecular weight is 256 g/mol. The van der Waals surface area contributed by atoms with E-state index in [-0.39, 0.29) is 12.3 Å². The molecule has 0 radical (unpaired) electrons. The zero-order valence-corrected chi connectivity index (χ0v) is 11.7. The second-order valence-electron chi connectivity index (χ2n) is 4.15. The van der Waals surface area contributed by atoms with Crippen molar-refractivity contribution >= 4 is 0 Å². The normalized spacial score (nSPS) is 13.2. The van der Waals surface area contributed by atoms with Gasteiger partial charge >= 0.3 is 0 Å². The first-order valence-corrected chi connectivity index (χ1v) is 6.45. The van der Waals surface area contributed by atoms with Gasteiger partial charge in [-0.1, -0.05) is 19.1 Å². The first kappa shape index (κ1) is 15.1. The van der Waals surface area contributed by atoms with Crippen molar-refractivity contribution in [3.05, 3.63) is 11.9 Å². The van der Waals surface area contributed by atoms with Crippen LogP contribution in [-0.2, 0) is 16.0 Å². The van der Waals surface area contributed by atoms with Crippen molar-refractivity contribution in [2.24, 2.45) is 0 Å². The van der Waals surface area contributed by atoms with Gasteiger partial charge in [0.2, 0.25) is 0 Å². The lowest BCUT2D eigenvalue weighted by molar-refractivity contribution is -0.125. The first-order chi connectivity index (χ1) is 8.78. The number of hydrogen-bond donors (Lipinski definition) is 1. The maximum Gasteiger partial charge on any atom is 0.177 e. The molecule has 0 saturated heterocycles. The molecule has 0 fully saturated rings. The molecule has 1 N–H and O–H groups in total. The lowest BCUT2D eigenvalue weighted by Crippen LogP contribution is -2.36. The molecule has 1 unspecified atom stereocenters. The molecule has 0 saturated carbocycles. The number of nitrogens with one attached hydrogen (secondary N) is 1. The lowest BCUT2D eigenvalue weighted by Gasteiger charge is -2.25. The Morgan fingerprint density at radius 2 is 2.00 bits per heavy atom. The van der Waals surface area contributed by atoms with Crippen LogP contribution in [0, 0.1) is 0 Å². The largest absolute Gasteiger partial charge is 0.354 e. The van der Waals surface area contributed by atoms with Gasteiger partial charge in [0.15, 0.2) is 6.29 Å². The van der Waals surface area contributed by atoms with Gasteiger partial charge < -0.3 is 14.8 Å². The smallest absolute Gasteiger partial charge is 0.177 e. The van der Waals surface area contributed by atoms with Crippen LogP contribution < -0.4 is 5.32 Å². The predicted octanol–water partition coefficient (Wildman–Crippen LogP) is 1.35. The minimum atomic E-state index is -0.342. The van der Waals surface area contributed by atoms with E-state index in [4.69, 9.17) is 9.47 Å².